The first kappa shape index (κ1) is 5.31. The third-order valence-electron chi connectivity index (χ3n) is 0.924. The lowest BCUT2D eigenvalue weighted by atomic mass is 10.3. The molecule has 0 spiro atoms. The molecule has 44 valence electrons. The van der Waals surface area contributed by atoms with Crippen LogP contribution in [0.3, 0.4) is 0 Å². The van der Waals surface area contributed by atoms with E-state index in [0.29, 0.717) is 0 Å². The van der Waals surface area contributed by atoms with E-state index in [4.69, 9.17) is 5.73 Å². The van der Waals surface area contributed by atoms with Crippen molar-refractivity contribution < 1.29 is 4.52 Å². The van der Waals surface area contributed by atoms with Gasteiger partial charge in [0.2, 0.25) is 0 Å². The van der Waals surface area contributed by atoms with Crippen LogP contribution >= 0.6 is 0 Å². The summed E-state index contributed by atoms with van der Waals surface area (Å²) in [6.07, 6.45) is 1.51. The lowest BCUT2D eigenvalue weighted by molar-refractivity contribution is 0.407. The summed E-state index contributed by atoms with van der Waals surface area (Å²) < 4.78 is 4.55. The van der Waals surface area contributed by atoms with Gasteiger partial charge < -0.3 is 10.3 Å². The van der Waals surface area contributed by atoms with Gasteiger partial charge in [0.15, 0.2) is 0 Å². The van der Waals surface area contributed by atoms with Crippen molar-refractivity contribution in [3.05, 3.63) is 18.0 Å². The summed E-state index contributed by atoms with van der Waals surface area (Å²) in [6, 6.07) is 1.73. The Morgan fingerprint density at radius 3 is 2.88 bits per heavy atom. The second-order valence-electron chi connectivity index (χ2n) is 1.71. The predicted octanol–water partition coefficient (Wildman–Crippen LogP) is 0.694. The van der Waals surface area contributed by atoms with E-state index in [0.717, 1.165) is 5.69 Å². The lowest BCUT2D eigenvalue weighted by Crippen LogP contribution is -2.04. The van der Waals surface area contributed by atoms with Crippen molar-refractivity contribution in [1.82, 2.24) is 5.16 Å². The van der Waals surface area contributed by atoms with Crippen LogP contribution in [-0.4, -0.2) is 5.16 Å². The molecule has 0 aliphatic rings. The first-order chi connectivity index (χ1) is 3.80. The van der Waals surface area contributed by atoms with E-state index in [9.17, 15) is 0 Å². The van der Waals surface area contributed by atoms with E-state index in [2.05, 4.69) is 9.68 Å². The Morgan fingerprint density at radius 1 is 1.88 bits per heavy atom. The molecule has 1 atom stereocenters. The molecule has 0 radical (unpaired) electrons. The first-order valence-electron chi connectivity index (χ1n) is 2.46. The van der Waals surface area contributed by atoms with Gasteiger partial charge in [0.1, 0.15) is 6.26 Å². The van der Waals surface area contributed by atoms with Crippen LogP contribution in [0.15, 0.2) is 16.9 Å². The highest BCUT2D eigenvalue weighted by Gasteiger charge is 1.99. The molecule has 8 heavy (non-hydrogen) atoms. The molecule has 0 bridgehead atoms. The van der Waals surface area contributed by atoms with Crippen LogP contribution < -0.4 is 5.73 Å². The van der Waals surface area contributed by atoms with E-state index in [1.807, 2.05) is 6.92 Å². The Morgan fingerprint density at radius 2 is 2.62 bits per heavy atom. The average Bonchev–Trinajstić information content (AvgIpc) is 2.12. The molecule has 0 aliphatic heterocycles. The average molecular weight is 112 g/mol. The Bertz CT molecular complexity index is 145. The van der Waals surface area contributed by atoms with E-state index >= 15 is 0 Å². The molecule has 2 N–H and O–H groups in total. The van der Waals surface area contributed by atoms with Crippen molar-refractivity contribution in [1.29, 1.82) is 0 Å². The second-order valence-corrected chi connectivity index (χ2v) is 1.71. The highest BCUT2D eigenvalue weighted by atomic mass is 16.5. The molecule has 1 unspecified atom stereocenters. The van der Waals surface area contributed by atoms with Gasteiger partial charge in [-0.05, 0) is 6.92 Å². The highest BCUT2D eigenvalue weighted by Crippen LogP contribution is 2.03. The molecule has 0 saturated carbocycles. The Labute approximate surface area is 47.5 Å². The summed E-state index contributed by atoms with van der Waals surface area (Å²) in [7, 11) is 0. The summed E-state index contributed by atoms with van der Waals surface area (Å²) in [5.41, 5.74) is 6.23. The lowest BCUT2D eigenvalue weighted by Gasteiger charge is -1.93. The number of hydrogen-bond donors (Lipinski definition) is 1. The quantitative estimate of drug-likeness (QED) is 0.581. The number of rotatable bonds is 1. The number of nitrogens with zero attached hydrogens (tertiary/aromatic N) is 1. The minimum absolute atomic E-state index is 0.0197. The van der Waals surface area contributed by atoms with Gasteiger partial charge in [-0.15, -0.1) is 0 Å². The molecular weight excluding hydrogens is 104 g/mol. The third kappa shape index (κ3) is 0.869. The van der Waals surface area contributed by atoms with Gasteiger partial charge in [-0.1, -0.05) is 5.16 Å². The molecule has 1 aromatic heterocycles. The van der Waals surface area contributed by atoms with Gasteiger partial charge in [-0.3, -0.25) is 0 Å². The molecule has 3 nitrogen and oxygen atoms in total. The normalized spacial score (nSPS) is 13.8. The molecular formula is C5H8N2O. The van der Waals surface area contributed by atoms with E-state index < -0.39 is 0 Å². The molecule has 1 rings (SSSR count). The van der Waals surface area contributed by atoms with Crippen LogP contribution in [0.2, 0.25) is 0 Å². The molecule has 1 heterocycles. The summed E-state index contributed by atoms with van der Waals surface area (Å²) >= 11 is 0. The molecule has 1 aromatic rings. The molecule has 0 aliphatic carbocycles. The van der Waals surface area contributed by atoms with Crippen molar-refractivity contribution in [2.45, 2.75) is 13.0 Å². The first-order valence-corrected chi connectivity index (χ1v) is 2.46. The summed E-state index contributed by atoms with van der Waals surface area (Å²) in [5.74, 6) is 0. The van der Waals surface area contributed by atoms with Crippen LogP contribution in [0, 0.1) is 0 Å². The van der Waals surface area contributed by atoms with Crippen LogP contribution in [0.5, 0.6) is 0 Å². The molecule has 0 amide bonds. The van der Waals surface area contributed by atoms with Gasteiger partial charge in [0, 0.05) is 12.1 Å². The van der Waals surface area contributed by atoms with E-state index in [1.54, 1.807) is 6.07 Å². The monoisotopic (exact) mass is 112 g/mol. The van der Waals surface area contributed by atoms with Crippen molar-refractivity contribution in [2.75, 3.05) is 0 Å². The summed E-state index contributed by atoms with van der Waals surface area (Å²) in [4.78, 5) is 0. The molecule has 3 heteroatoms. The maximum atomic E-state index is 5.44. The zero-order valence-corrected chi connectivity index (χ0v) is 4.66. The maximum absolute atomic E-state index is 5.44. The highest BCUT2D eigenvalue weighted by molar-refractivity contribution is 4.99. The number of nitrogens with two attached hydrogens (primary N) is 1. The van der Waals surface area contributed by atoms with E-state index in [1.165, 1.54) is 6.26 Å². The van der Waals surface area contributed by atoms with Crippen LogP contribution in [0.4, 0.5) is 0 Å². The van der Waals surface area contributed by atoms with Crippen LogP contribution in [-0.2, 0) is 0 Å². The zero-order chi connectivity index (χ0) is 5.98. The van der Waals surface area contributed by atoms with Gasteiger partial charge in [-0.25, -0.2) is 0 Å². The van der Waals surface area contributed by atoms with Crippen molar-refractivity contribution in [3.63, 3.8) is 0 Å². The maximum Gasteiger partial charge on any atom is 0.124 e. The topological polar surface area (TPSA) is 52.0 Å². The predicted molar refractivity (Wildman–Crippen MR) is 29.1 cm³/mol. The fourth-order valence-electron chi connectivity index (χ4n) is 0.457. The number of hydrogen-bond acceptors (Lipinski definition) is 3. The fraction of sp³-hybridized carbons (Fsp3) is 0.400. The van der Waals surface area contributed by atoms with E-state index in [-0.39, 0.29) is 6.04 Å². The van der Waals surface area contributed by atoms with Gasteiger partial charge in [-0.2, -0.15) is 0 Å². The Balaban J connectivity index is 2.77. The minimum atomic E-state index is -0.0197. The zero-order valence-electron chi connectivity index (χ0n) is 4.66. The smallest absolute Gasteiger partial charge is 0.124 e. The van der Waals surface area contributed by atoms with Gasteiger partial charge in [0.05, 0.1) is 5.69 Å². The number of aromatic nitrogens is 1. The Kier molecular flexibility index (Phi) is 1.30. The van der Waals surface area contributed by atoms with Crippen LogP contribution in [0.25, 0.3) is 0 Å². The SMILES string of the molecule is CC(N)c1ccon1. The van der Waals surface area contributed by atoms with Gasteiger partial charge in [0.25, 0.3) is 0 Å². The van der Waals surface area contributed by atoms with Crippen molar-refractivity contribution in [2.24, 2.45) is 5.73 Å². The second kappa shape index (κ2) is 1.96. The minimum Gasteiger partial charge on any atom is -0.364 e. The summed E-state index contributed by atoms with van der Waals surface area (Å²) in [6.45, 7) is 1.86. The molecule has 0 saturated heterocycles. The van der Waals surface area contributed by atoms with Gasteiger partial charge >= 0.3 is 0 Å². The van der Waals surface area contributed by atoms with Crippen molar-refractivity contribution >= 4 is 0 Å². The third-order valence-corrected chi connectivity index (χ3v) is 0.924. The standard InChI is InChI=1S/C5H8N2O/c1-4(6)5-2-3-8-7-5/h2-4H,6H2,1H3. The molecule has 0 fully saturated rings. The fourth-order valence-corrected chi connectivity index (χ4v) is 0.457. The largest absolute Gasteiger partial charge is 0.364 e. The summed E-state index contributed by atoms with van der Waals surface area (Å²) in [5, 5.41) is 3.62. The Hall–Kier alpha value is -0.830. The molecule has 0 aromatic carbocycles. The van der Waals surface area contributed by atoms with Crippen LogP contribution in [0.1, 0.15) is 18.7 Å². The van der Waals surface area contributed by atoms with Crippen molar-refractivity contribution in [3.8, 4) is 0 Å².